The number of unbranched alkanes of at least 4 members (excludes halogenated alkanes) is 1. The first kappa shape index (κ1) is 22.7. The Labute approximate surface area is 176 Å². The zero-order valence-electron chi connectivity index (χ0n) is 17.4. The Morgan fingerprint density at radius 3 is 2.59 bits per heavy atom. The molecule has 0 bridgehead atoms. The smallest absolute Gasteiger partial charge is 0.330 e. The molecule has 4 N–H and O–H groups in total. The third-order valence-electron chi connectivity index (χ3n) is 4.54. The van der Waals surface area contributed by atoms with Crippen LogP contribution in [0.2, 0.25) is 0 Å². The molecule has 1 aromatic heterocycles. The van der Waals surface area contributed by atoms with Gasteiger partial charge in [0, 0.05) is 19.6 Å². The largest absolute Gasteiger partial charge is 0.383 e. The van der Waals surface area contributed by atoms with Gasteiger partial charge in [-0.3, -0.25) is 14.3 Å². The minimum Gasteiger partial charge on any atom is -0.383 e. The lowest BCUT2D eigenvalue weighted by molar-refractivity contribution is 0.507. The van der Waals surface area contributed by atoms with Gasteiger partial charge in [-0.2, -0.15) is 0 Å². The van der Waals surface area contributed by atoms with Gasteiger partial charge in [-0.25, -0.2) is 4.79 Å². The molecule has 2 aromatic rings. The van der Waals surface area contributed by atoms with E-state index in [9.17, 15) is 9.59 Å². The molecule has 158 valence electrons. The topological polar surface area (TPSA) is 96.2 Å². The molecule has 0 spiro atoms. The van der Waals surface area contributed by atoms with Gasteiger partial charge in [0.25, 0.3) is 5.56 Å². The van der Waals surface area contributed by atoms with Gasteiger partial charge < -0.3 is 16.0 Å². The van der Waals surface area contributed by atoms with Crippen LogP contribution in [0.1, 0.15) is 39.2 Å². The first-order chi connectivity index (χ1) is 13.8. The van der Waals surface area contributed by atoms with E-state index in [-0.39, 0.29) is 17.4 Å². The van der Waals surface area contributed by atoms with Crippen molar-refractivity contribution in [2.45, 2.75) is 46.6 Å². The molecule has 0 fully saturated rings. The summed E-state index contributed by atoms with van der Waals surface area (Å²) in [5.74, 6) is 0.351. The predicted molar refractivity (Wildman–Crippen MR) is 124 cm³/mol. The third kappa shape index (κ3) is 6.19. The van der Waals surface area contributed by atoms with Gasteiger partial charge in [-0.15, -0.1) is 0 Å². The Bertz CT molecular complexity index is 921. The maximum atomic E-state index is 12.6. The summed E-state index contributed by atoms with van der Waals surface area (Å²) in [5, 5.41) is 3.66. The molecular formula is C21H31N5O2S. The van der Waals surface area contributed by atoms with Crippen molar-refractivity contribution in [3.05, 3.63) is 56.7 Å². The summed E-state index contributed by atoms with van der Waals surface area (Å²) in [4.78, 5) is 29.0. The van der Waals surface area contributed by atoms with Gasteiger partial charge in [0.05, 0.1) is 0 Å². The van der Waals surface area contributed by atoms with E-state index < -0.39 is 11.2 Å². The van der Waals surface area contributed by atoms with E-state index in [1.165, 1.54) is 10.1 Å². The van der Waals surface area contributed by atoms with Crippen LogP contribution in [-0.4, -0.2) is 27.8 Å². The van der Waals surface area contributed by atoms with E-state index in [1.54, 1.807) is 4.90 Å². The Balaban J connectivity index is 2.27. The standard InChI is InChI=1S/C21H31N5O2S/c1-4-5-13-25(21(29)23-12-11-16-9-7-6-8-10-16)17-18(22)26(14-15(2)3)20(28)24-19(17)27/h6-10,15H,4-5,11-14,22H2,1-3H3,(H,23,29)(H,24,27,28). The van der Waals surface area contributed by atoms with Crippen LogP contribution in [0.25, 0.3) is 0 Å². The fourth-order valence-corrected chi connectivity index (χ4v) is 3.35. The van der Waals surface area contributed by atoms with Gasteiger partial charge in [0.1, 0.15) is 5.82 Å². The summed E-state index contributed by atoms with van der Waals surface area (Å²) in [6, 6.07) is 10.1. The number of nitrogens with one attached hydrogen (secondary N) is 2. The van der Waals surface area contributed by atoms with E-state index in [0.717, 1.165) is 19.3 Å². The van der Waals surface area contributed by atoms with E-state index >= 15 is 0 Å². The lowest BCUT2D eigenvalue weighted by Gasteiger charge is -2.27. The molecule has 2 rings (SSSR count). The predicted octanol–water partition coefficient (Wildman–Crippen LogP) is 2.50. The summed E-state index contributed by atoms with van der Waals surface area (Å²) in [7, 11) is 0. The molecule has 0 aliphatic carbocycles. The number of rotatable bonds is 9. The van der Waals surface area contributed by atoms with Crippen molar-refractivity contribution in [3.63, 3.8) is 0 Å². The number of thiocarbonyl (C=S) groups is 1. The molecule has 0 radical (unpaired) electrons. The SMILES string of the molecule is CCCCN(C(=S)NCCc1ccccc1)c1c(N)n(CC(C)C)c(=O)[nH]c1=O. The van der Waals surface area contributed by atoms with Crippen LogP contribution in [0.15, 0.2) is 39.9 Å². The number of aromatic nitrogens is 2. The zero-order valence-corrected chi connectivity index (χ0v) is 18.2. The van der Waals surface area contributed by atoms with Crippen LogP contribution in [0, 0.1) is 5.92 Å². The first-order valence-corrected chi connectivity index (χ1v) is 10.5. The Hall–Kier alpha value is -2.61. The van der Waals surface area contributed by atoms with Crippen LogP contribution in [0.5, 0.6) is 0 Å². The molecule has 8 heteroatoms. The Morgan fingerprint density at radius 1 is 1.28 bits per heavy atom. The molecule has 1 heterocycles. The maximum Gasteiger partial charge on any atom is 0.330 e. The van der Waals surface area contributed by atoms with Gasteiger partial charge >= 0.3 is 5.69 Å². The fourth-order valence-electron chi connectivity index (χ4n) is 3.07. The fraction of sp³-hybridized carbons (Fsp3) is 0.476. The monoisotopic (exact) mass is 417 g/mol. The molecule has 0 atom stereocenters. The molecule has 0 unspecified atom stereocenters. The summed E-state index contributed by atoms with van der Waals surface area (Å²) >= 11 is 5.59. The van der Waals surface area contributed by atoms with Crippen molar-refractivity contribution in [2.24, 2.45) is 5.92 Å². The highest BCUT2D eigenvalue weighted by Gasteiger charge is 2.22. The highest BCUT2D eigenvalue weighted by molar-refractivity contribution is 7.80. The number of anilines is 2. The Morgan fingerprint density at radius 2 is 1.97 bits per heavy atom. The number of nitrogens with two attached hydrogens (primary N) is 1. The van der Waals surface area contributed by atoms with Crippen LogP contribution in [0.4, 0.5) is 11.5 Å². The summed E-state index contributed by atoms with van der Waals surface area (Å²) < 4.78 is 1.41. The second-order valence-corrected chi connectivity index (χ2v) is 7.86. The quantitative estimate of drug-likeness (QED) is 0.543. The number of hydrogen-bond acceptors (Lipinski definition) is 4. The number of hydrogen-bond donors (Lipinski definition) is 3. The first-order valence-electron chi connectivity index (χ1n) is 10.1. The van der Waals surface area contributed by atoms with E-state index in [1.807, 2.05) is 32.0 Å². The van der Waals surface area contributed by atoms with E-state index in [4.69, 9.17) is 18.0 Å². The van der Waals surface area contributed by atoms with Crippen LogP contribution in [-0.2, 0) is 13.0 Å². The second kappa shape index (κ2) is 10.8. The zero-order chi connectivity index (χ0) is 21.4. The van der Waals surface area contributed by atoms with Gasteiger partial charge in [-0.05, 0) is 36.5 Å². The molecule has 1 aromatic carbocycles. The van der Waals surface area contributed by atoms with Crippen molar-refractivity contribution < 1.29 is 0 Å². The van der Waals surface area contributed by atoms with E-state index in [2.05, 4.69) is 29.4 Å². The van der Waals surface area contributed by atoms with Crippen LogP contribution in [0.3, 0.4) is 0 Å². The lowest BCUT2D eigenvalue weighted by atomic mass is 10.1. The maximum absolute atomic E-state index is 12.6. The molecule has 0 amide bonds. The van der Waals surface area contributed by atoms with E-state index in [0.29, 0.717) is 24.7 Å². The van der Waals surface area contributed by atoms with Gasteiger partial charge in [0.15, 0.2) is 10.8 Å². The summed E-state index contributed by atoms with van der Waals surface area (Å²) in [5.41, 5.74) is 6.69. The van der Waals surface area contributed by atoms with Crippen LogP contribution >= 0.6 is 12.2 Å². The number of nitrogens with zero attached hydrogens (tertiary/aromatic N) is 2. The van der Waals surface area contributed by atoms with Crippen LogP contribution < -0.4 is 27.2 Å². The van der Waals surface area contributed by atoms with Crippen molar-refractivity contribution in [3.8, 4) is 0 Å². The average Bonchev–Trinajstić information content (AvgIpc) is 2.68. The molecule has 7 nitrogen and oxygen atoms in total. The molecule has 0 saturated carbocycles. The highest BCUT2D eigenvalue weighted by atomic mass is 32.1. The van der Waals surface area contributed by atoms with Crippen molar-refractivity contribution in [1.82, 2.24) is 14.9 Å². The van der Waals surface area contributed by atoms with Gasteiger partial charge in [0.2, 0.25) is 0 Å². The molecule has 29 heavy (non-hydrogen) atoms. The van der Waals surface area contributed by atoms with Crippen molar-refractivity contribution >= 4 is 28.8 Å². The van der Waals surface area contributed by atoms with Crippen molar-refractivity contribution in [1.29, 1.82) is 0 Å². The minimum absolute atomic E-state index is 0.149. The molecule has 0 aliphatic rings. The molecule has 0 saturated heterocycles. The average molecular weight is 418 g/mol. The minimum atomic E-state index is -0.518. The number of benzene rings is 1. The number of H-pyrrole nitrogens is 1. The third-order valence-corrected chi connectivity index (χ3v) is 4.91. The lowest BCUT2D eigenvalue weighted by Crippen LogP contribution is -2.46. The second-order valence-electron chi connectivity index (χ2n) is 7.47. The summed E-state index contributed by atoms with van der Waals surface area (Å²) in [6.07, 6.45) is 2.58. The molecular weight excluding hydrogens is 386 g/mol. The number of nitrogen functional groups attached to an aromatic ring is 1. The number of aromatic amines is 1. The molecule has 0 aliphatic heterocycles. The normalized spacial score (nSPS) is 10.9. The summed E-state index contributed by atoms with van der Waals surface area (Å²) in [6.45, 7) is 7.64. The highest BCUT2D eigenvalue weighted by Crippen LogP contribution is 2.18. The Kier molecular flexibility index (Phi) is 8.45. The van der Waals surface area contributed by atoms with Gasteiger partial charge in [-0.1, -0.05) is 57.5 Å². The van der Waals surface area contributed by atoms with Crippen molar-refractivity contribution in [2.75, 3.05) is 23.7 Å².